The van der Waals surface area contributed by atoms with Crippen LogP contribution in [0.5, 0.6) is 5.75 Å². The van der Waals surface area contributed by atoms with Gasteiger partial charge in [-0.2, -0.15) is 0 Å². The summed E-state index contributed by atoms with van der Waals surface area (Å²) in [6.45, 7) is 10.8. The molecule has 0 atom stereocenters. The van der Waals surface area contributed by atoms with Crippen LogP contribution in [0.1, 0.15) is 62.6 Å². The molecule has 7 heteroatoms. The van der Waals surface area contributed by atoms with E-state index < -0.39 is 5.54 Å². The Morgan fingerprint density at radius 1 is 1.29 bits per heavy atom. The zero-order valence-corrected chi connectivity index (χ0v) is 17.2. The number of nitrogens with one attached hydrogen (secondary N) is 2. The normalized spacial score (nSPS) is 15.6. The number of nitrogens with zero attached hydrogens (tertiary/aromatic N) is 3. The molecule has 0 spiro atoms. The van der Waals surface area contributed by atoms with Crippen molar-refractivity contribution in [3.05, 3.63) is 41.7 Å². The van der Waals surface area contributed by atoms with Crippen molar-refractivity contribution in [3.8, 4) is 5.75 Å². The van der Waals surface area contributed by atoms with Crippen LogP contribution in [-0.2, 0) is 5.54 Å². The van der Waals surface area contributed by atoms with Gasteiger partial charge in [-0.15, -0.1) is 5.10 Å². The van der Waals surface area contributed by atoms with Crippen molar-refractivity contribution in [2.24, 2.45) is 5.92 Å². The number of hydrogen-bond acceptors (Lipinski definition) is 5. The first-order valence-corrected chi connectivity index (χ1v) is 10.0. The highest BCUT2D eigenvalue weighted by Gasteiger charge is 2.26. The third-order valence-electron chi connectivity index (χ3n) is 5.01. The second-order valence-corrected chi connectivity index (χ2v) is 8.37. The van der Waals surface area contributed by atoms with Gasteiger partial charge >= 0.3 is 0 Å². The summed E-state index contributed by atoms with van der Waals surface area (Å²) in [6.07, 6.45) is 3.76. The van der Waals surface area contributed by atoms with Crippen molar-refractivity contribution < 1.29 is 9.53 Å². The topological polar surface area (TPSA) is 81.1 Å². The molecule has 1 aliphatic heterocycles. The van der Waals surface area contributed by atoms with Crippen LogP contribution in [0.15, 0.2) is 30.5 Å². The average Bonchev–Trinajstić information content (AvgIpc) is 3.17. The van der Waals surface area contributed by atoms with Gasteiger partial charge in [-0.25, -0.2) is 4.68 Å². The molecule has 0 bridgehead atoms. The number of piperidine rings is 1. The lowest BCUT2D eigenvalue weighted by Gasteiger charge is -2.26. The summed E-state index contributed by atoms with van der Waals surface area (Å²) < 4.78 is 7.56. The maximum Gasteiger partial charge on any atom is 0.274 e. The molecule has 3 rings (SSSR count). The van der Waals surface area contributed by atoms with Gasteiger partial charge in [0.2, 0.25) is 0 Å². The van der Waals surface area contributed by atoms with E-state index >= 15 is 0 Å². The van der Waals surface area contributed by atoms with Gasteiger partial charge in [0.1, 0.15) is 5.75 Å². The van der Waals surface area contributed by atoms with Gasteiger partial charge in [-0.3, -0.25) is 4.79 Å². The largest absolute Gasteiger partial charge is 0.493 e. The van der Waals surface area contributed by atoms with Crippen molar-refractivity contribution >= 4 is 5.91 Å². The summed E-state index contributed by atoms with van der Waals surface area (Å²) in [4.78, 5) is 12.7. The minimum absolute atomic E-state index is 0.217. The van der Waals surface area contributed by atoms with Gasteiger partial charge in [0, 0.05) is 0 Å². The molecule has 28 heavy (non-hydrogen) atoms. The summed E-state index contributed by atoms with van der Waals surface area (Å²) in [5.74, 6) is 1.10. The molecule has 1 aromatic heterocycles. The highest BCUT2D eigenvalue weighted by Crippen LogP contribution is 2.24. The van der Waals surface area contributed by atoms with Crippen molar-refractivity contribution in [2.75, 3.05) is 19.7 Å². The maximum atomic E-state index is 12.7. The fourth-order valence-electron chi connectivity index (χ4n) is 3.28. The SMILES string of the molecule is CC(C)COc1ccc(C(C)(C)NC(=O)c2cn(C3CCNCC3)nn2)cc1. The molecule has 7 nitrogen and oxygen atoms in total. The summed E-state index contributed by atoms with van der Waals surface area (Å²) >= 11 is 0. The minimum atomic E-state index is -0.536. The fourth-order valence-corrected chi connectivity index (χ4v) is 3.28. The Morgan fingerprint density at radius 2 is 1.96 bits per heavy atom. The number of amides is 1. The van der Waals surface area contributed by atoms with Gasteiger partial charge in [-0.1, -0.05) is 31.2 Å². The first-order valence-electron chi connectivity index (χ1n) is 10.0. The number of carbonyl (C=O) groups excluding carboxylic acids is 1. The van der Waals surface area contributed by atoms with Crippen LogP contribution in [0, 0.1) is 5.92 Å². The Hall–Kier alpha value is -2.41. The van der Waals surface area contributed by atoms with Crippen LogP contribution in [-0.4, -0.2) is 40.6 Å². The molecule has 0 unspecified atom stereocenters. The van der Waals surface area contributed by atoms with Gasteiger partial charge in [0.25, 0.3) is 5.91 Å². The standard InChI is InChI=1S/C21H31N5O2/c1-15(2)14-28-18-7-5-16(6-8-18)21(3,4)23-20(27)19-13-26(25-24-19)17-9-11-22-12-10-17/h5-8,13,15,17,22H,9-12,14H2,1-4H3,(H,23,27). The molecular formula is C21H31N5O2. The van der Waals surface area contributed by atoms with Crippen LogP contribution in [0.4, 0.5) is 0 Å². The maximum absolute atomic E-state index is 12.7. The van der Waals surface area contributed by atoms with Crippen molar-refractivity contribution in [1.29, 1.82) is 0 Å². The third-order valence-corrected chi connectivity index (χ3v) is 5.01. The number of hydrogen-bond donors (Lipinski definition) is 2. The molecule has 2 N–H and O–H groups in total. The smallest absolute Gasteiger partial charge is 0.274 e. The van der Waals surface area contributed by atoms with Crippen molar-refractivity contribution in [3.63, 3.8) is 0 Å². The van der Waals surface area contributed by atoms with Crippen LogP contribution < -0.4 is 15.4 Å². The Kier molecular flexibility index (Phi) is 6.34. The lowest BCUT2D eigenvalue weighted by atomic mass is 9.94. The molecule has 1 aromatic carbocycles. The van der Waals surface area contributed by atoms with Crippen molar-refractivity contribution in [1.82, 2.24) is 25.6 Å². The lowest BCUT2D eigenvalue weighted by Crippen LogP contribution is -2.41. The molecule has 0 radical (unpaired) electrons. The summed E-state index contributed by atoms with van der Waals surface area (Å²) in [5.41, 5.74) is 0.818. The number of aromatic nitrogens is 3. The Morgan fingerprint density at radius 3 is 2.61 bits per heavy atom. The third kappa shape index (κ3) is 5.10. The van der Waals surface area contributed by atoms with E-state index in [1.807, 2.05) is 42.8 Å². The molecule has 152 valence electrons. The quantitative estimate of drug-likeness (QED) is 0.766. The van der Waals surface area contributed by atoms with E-state index in [1.54, 1.807) is 6.20 Å². The monoisotopic (exact) mass is 385 g/mol. The molecule has 0 saturated carbocycles. The van der Waals surface area contributed by atoms with Gasteiger partial charge in [0.15, 0.2) is 5.69 Å². The lowest BCUT2D eigenvalue weighted by molar-refractivity contribution is 0.0906. The minimum Gasteiger partial charge on any atom is -0.493 e. The summed E-state index contributed by atoms with van der Waals surface area (Å²) in [7, 11) is 0. The predicted octanol–water partition coefficient (Wildman–Crippen LogP) is 2.90. The first-order chi connectivity index (χ1) is 13.3. The first kappa shape index (κ1) is 20.3. The molecule has 1 aliphatic rings. The van der Waals surface area contributed by atoms with E-state index in [-0.39, 0.29) is 5.91 Å². The number of ether oxygens (including phenoxy) is 1. The Balaban J connectivity index is 1.63. The van der Waals surface area contributed by atoms with E-state index in [2.05, 4.69) is 34.8 Å². The van der Waals surface area contributed by atoms with Gasteiger partial charge < -0.3 is 15.4 Å². The number of carbonyl (C=O) groups is 1. The van der Waals surface area contributed by atoms with E-state index in [0.29, 0.717) is 24.3 Å². The fraction of sp³-hybridized carbons (Fsp3) is 0.571. The molecular weight excluding hydrogens is 354 g/mol. The van der Waals surface area contributed by atoms with Gasteiger partial charge in [-0.05, 0) is 63.4 Å². The second-order valence-electron chi connectivity index (χ2n) is 8.37. The number of benzene rings is 1. The van der Waals surface area contributed by atoms with Crippen molar-refractivity contribution in [2.45, 2.75) is 52.1 Å². The van der Waals surface area contributed by atoms with E-state index in [0.717, 1.165) is 37.2 Å². The Bertz CT molecular complexity index is 776. The van der Waals surface area contributed by atoms with E-state index in [1.165, 1.54) is 0 Å². The molecule has 1 fully saturated rings. The highest BCUT2D eigenvalue weighted by molar-refractivity contribution is 5.92. The van der Waals surface area contributed by atoms with Crippen LogP contribution in [0.25, 0.3) is 0 Å². The van der Waals surface area contributed by atoms with Crippen LogP contribution >= 0.6 is 0 Å². The highest BCUT2D eigenvalue weighted by atomic mass is 16.5. The molecule has 2 aromatic rings. The molecule has 1 saturated heterocycles. The summed E-state index contributed by atoms with van der Waals surface area (Å²) in [6, 6.07) is 8.17. The average molecular weight is 386 g/mol. The zero-order valence-electron chi connectivity index (χ0n) is 17.2. The molecule has 2 heterocycles. The molecule has 1 amide bonds. The van der Waals surface area contributed by atoms with Crippen LogP contribution in [0.3, 0.4) is 0 Å². The Labute approximate surface area is 166 Å². The predicted molar refractivity (Wildman–Crippen MR) is 108 cm³/mol. The van der Waals surface area contributed by atoms with E-state index in [4.69, 9.17) is 4.74 Å². The van der Waals surface area contributed by atoms with Gasteiger partial charge in [0.05, 0.1) is 24.4 Å². The zero-order chi connectivity index (χ0) is 20.1. The number of rotatable bonds is 7. The second kappa shape index (κ2) is 8.73. The van der Waals surface area contributed by atoms with E-state index in [9.17, 15) is 4.79 Å². The molecule has 0 aliphatic carbocycles. The summed E-state index contributed by atoms with van der Waals surface area (Å²) in [5, 5.41) is 14.7. The van der Waals surface area contributed by atoms with Crippen LogP contribution in [0.2, 0.25) is 0 Å².